The minimum atomic E-state index is -0.642. The molecule has 1 fully saturated rings. The first-order valence-electron chi connectivity index (χ1n) is 10.8. The third-order valence-corrected chi connectivity index (χ3v) is 5.45. The number of aromatic nitrogens is 1. The van der Waals surface area contributed by atoms with Gasteiger partial charge in [0.2, 0.25) is 11.8 Å². The van der Waals surface area contributed by atoms with E-state index in [1.165, 1.54) is 12.0 Å². The molecule has 1 aromatic heterocycles. The van der Waals surface area contributed by atoms with Crippen LogP contribution in [0.15, 0.2) is 12.1 Å². The number of rotatable bonds is 2. The van der Waals surface area contributed by atoms with Gasteiger partial charge in [0.25, 0.3) is 0 Å². The SMILES string of the molecule is COC(=O)C1CN(C(=O)OC(C)(C)C)CC1c1ccc2c(n1)OCCN2C(=O)C(C)(C)C. The summed E-state index contributed by atoms with van der Waals surface area (Å²) < 4.78 is 16.2. The van der Waals surface area contributed by atoms with Gasteiger partial charge in [0.15, 0.2) is 0 Å². The van der Waals surface area contributed by atoms with Gasteiger partial charge in [-0.3, -0.25) is 9.59 Å². The summed E-state index contributed by atoms with van der Waals surface area (Å²) in [5.74, 6) is -1.02. The van der Waals surface area contributed by atoms with Crippen LogP contribution in [0.2, 0.25) is 0 Å². The minimum Gasteiger partial charge on any atom is -0.474 e. The molecule has 9 nitrogen and oxygen atoms in total. The molecule has 0 N–H and O–H groups in total. The number of fused-ring (bicyclic) bond motifs is 1. The molecule has 2 aliphatic heterocycles. The fraction of sp³-hybridized carbons (Fsp3) is 0.652. The highest BCUT2D eigenvalue weighted by molar-refractivity contribution is 5.98. The monoisotopic (exact) mass is 447 g/mol. The number of pyridine rings is 1. The third-order valence-electron chi connectivity index (χ3n) is 5.45. The van der Waals surface area contributed by atoms with Crippen LogP contribution in [0.1, 0.15) is 53.2 Å². The lowest BCUT2D eigenvalue weighted by Crippen LogP contribution is -2.44. The van der Waals surface area contributed by atoms with Gasteiger partial charge in [0.05, 0.1) is 25.3 Å². The second-order valence-corrected chi connectivity index (χ2v) is 10.2. The van der Waals surface area contributed by atoms with Gasteiger partial charge in [0.1, 0.15) is 17.9 Å². The van der Waals surface area contributed by atoms with Crippen LogP contribution in [0.3, 0.4) is 0 Å². The van der Waals surface area contributed by atoms with Gasteiger partial charge in [-0.1, -0.05) is 20.8 Å². The van der Waals surface area contributed by atoms with Crippen molar-refractivity contribution in [2.45, 2.75) is 53.1 Å². The molecule has 1 aromatic rings. The number of amides is 2. The molecule has 0 aromatic carbocycles. The Kier molecular flexibility index (Phi) is 6.40. The Morgan fingerprint density at radius 3 is 2.38 bits per heavy atom. The Hall–Kier alpha value is -2.84. The number of likely N-dealkylation sites (tertiary alicyclic amines) is 1. The number of methoxy groups -OCH3 is 1. The van der Waals surface area contributed by atoms with Crippen LogP contribution in [-0.2, 0) is 19.1 Å². The highest BCUT2D eigenvalue weighted by Gasteiger charge is 2.44. The Morgan fingerprint density at radius 2 is 1.78 bits per heavy atom. The van der Waals surface area contributed by atoms with E-state index in [1.54, 1.807) is 37.8 Å². The number of anilines is 1. The van der Waals surface area contributed by atoms with E-state index in [0.29, 0.717) is 30.4 Å². The highest BCUT2D eigenvalue weighted by atomic mass is 16.6. The van der Waals surface area contributed by atoms with Crippen molar-refractivity contribution < 1.29 is 28.6 Å². The zero-order valence-electron chi connectivity index (χ0n) is 19.9. The van der Waals surface area contributed by atoms with E-state index in [4.69, 9.17) is 14.2 Å². The second-order valence-electron chi connectivity index (χ2n) is 10.2. The minimum absolute atomic E-state index is 0.0130. The van der Waals surface area contributed by atoms with Crippen molar-refractivity contribution in [3.8, 4) is 5.88 Å². The molecular weight excluding hydrogens is 414 g/mol. The van der Waals surface area contributed by atoms with Crippen molar-refractivity contribution in [1.82, 2.24) is 9.88 Å². The molecule has 9 heteroatoms. The van der Waals surface area contributed by atoms with Crippen molar-refractivity contribution in [3.63, 3.8) is 0 Å². The molecule has 0 spiro atoms. The average molecular weight is 448 g/mol. The van der Waals surface area contributed by atoms with Crippen molar-refractivity contribution in [2.24, 2.45) is 11.3 Å². The summed E-state index contributed by atoms with van der Waals surface area (Å²) in [4.78, 5) is 45.8. The maximum absolute atomic E-state index is 12.9. The number of hydrogen-bond donors (Lipinski definition) is 0. The molecule has 2 amide bonds. The molecule has 32 heavy (non-hydrogen) atoms. The fourth-order valence-electron chi connectivity index (χ4n) is 3.90. The van der Waals surface area contributed by atoms with Gasteiger partial charge in [-0.05, 0) is 32.9 Å². The summed E-state index contributed by atoms with van der Waals surface area (Å²) in [6, 6.07) is 3.58. The first-order valence-corrected chi connectivity index (χ1v) is 10.8. The van der Waals surface area contributed by atoms with E-state index in [2.05, 4.69) is 4.98 Å². The normalized spacial score (nSPS) is 21.0. The molecule has 3 heterocycles. The quantitative estimate of drug-likeness (QED) is 0.643. The van der Waals surface area contributed by atoms with Crippen LogP contribution in [0.5, 0.6) is 5.88 Å². The van der Waals surface area contributed by atoms with Crippen LogP contribution in [0, 0.1) is 11.3 Å². The van der Waals surface area contributed by atoms with Gasteiger partial charge in [0, 0.05) is 24.4 Å². The second kappa shape index (κ2) is 8.60. The van der Waals surface area contributed by atoms with Gasteiger partial charge >= 0.3 is 12.1 Å². The maximum atomic E-state index is 12.9. The van der Waals surface area contributed by atoms with Crippen molar-refractivity contribution in [2.75, 3.05) is 38.3 Å². The van der Waals surface area contributed by atoms with Gasteiger partial charge in [-0.25, -0.2) is 9.78 Å². The number of ether oxygens (including phenoxy) is 3. The summed E-state index contributed by atoms with van der Waals surface area (Å²) >= 11 is 0. The molecule has 176 valence electrons. The molecule has 3 rings (SSSR count). The van der Waals surface area contributed by atoms with E-state index in [1.807, 2.05) is 20.8 Å². The predicted molar refractivity (Wildman–Crippen MR) is 118 cm³/mol. The summed E-state index contributed by atoms with van der Waals surface area (Å²) in [5, 5.41) is 0. The molecule has 0 radical (unpaired) electrons. The first-order chi connectivity index (χ1) is 14.8. The van der Waals surface area contributed by atoms with Crippen LogP contribution >= 0.6 is 0 Å². The molecule has 2 aliphatic rings. The number of carbonyl (C=O) groups is 3. The highest BCUT2D eigenvalue weighted by Crippen LogP contribution is 2.38. The fourth-order valence-corrected chi connectivity index (χ4v) is 3.90. The lowest BCUT2D eigenvalue weighted by atomic mass is 9.92. The smallest absolute Gasteiger partial charge is 0.410 e. The zero-order valence-corrected chi connectivity index (χ0v) is 19.9. The molecule has 0 saturated carbocycles. The molecule has 1 saturated heterocycles. The van der Waals surface area contributed by atoms with E-state index < -0.39 is 29.0 Å². The van der Waals surface area contributed by atoms with Crippen LogP contribution in [0.25, 0.3) is 0 Å². The molecule has 0 aliphatic carbocycles. The van der Waals surface area contributed by atoms with Crippen LogP contribution in [0.4, 0.5) is 10.5 Å². The lowest BCUT2D eigenvalue weighted by Gasteiger charge is -2.33. The van der Waals surface area contributed by atoms with E-state index in [9.17, 15) is 14.4 Å². The Balaban J connectivity index is 1.89. The van der Waals surface area contributed by atoms with Gasteiger partial charge in [-0.2, -0.15) is 0 Å². The summed E-state index contributed by atoms with van der Waals surface area (Å²) in [6.45, 7) is 12.2. The van der Waals surface area contributed by atoms with Gasteiger partial charge in [-0.15, -0.1) is 0 Å². The van der Waals surface area contributed by atoms with Crippen molar-refractivity contribution in [1.29, 1.82) is 0 Å². The van der Waals surface area contributed by atoms with Crippen molar-refractivity contribution >= 4 is 23.7 Å². The van der Waals surface area contributed by atoms with E-state index in [-0.39, 0.29) is 24.9 Å². The van der Waals surface area contributed by atoms with Crippen molar-refractivity contribution in [3.05, 3.63) is 17.8 Å². The Labute approximate surface area is 189 Å². The predicted octanol–water partition coefficient (Wildman–Crippen LogP) is 2.98. The maximum Gasteiger partial charge on any atom is 0.410 e. The number of hydrogen-bond acceptors (Lipinski definition) is 7. The Morgan fingerprint density at radius 1 is 1.09 bits per heavy atom. The molecule has 0 bridgehead atoms. The number of esters is 1. The average Bonchev–Trinajstić information content (AvgIpc) is 3.15. The molecular formula is C23H33N3O6. The molecule has 2 unspecified atom stereocenters. The first kappa shape index (κ1) is 23.8. The third kappa shape index (κ3) is 4.97. The van der Waals surface area contributed by atoms with E-state index >= 15 is 0 Å². The number of nitrogens with zero attached hydrogens (tertiary/aromatic N) is 3. The standard InChI is InChI=1S/C23H33N3O6/c1-22(2,3)20(28)26-10-11-31-18-17(26)9-8-16(24-18)14-12-25(13-15(14)19(27)30-7)21(29)32-23(4,5)6/h8-9,14-15H,10-13H2,1-7H3. The van der Waals surface area contributed by atoms with Crippen LogP contribution in [-0.4, -0.2) is 66.8 Å². The largest absolute Gasteiger partial charge is 0.474 e. The lowest BCUT2D eigenvalue weighted by molar-refractivity contribution is -0.145. The van der Waals surface area contributed by atoms with Crippen LogP contribution < -0.4 is 9.64 Å². The van der Waals surface area contributed by atoms with E-state index in [0.717, 1.165) is 0 Å². The van der Waals surface area contributed by atoms with Gasteiger partial charge < -0.3 is 24.0 Å². The zero-order chi connectivity index (χ0) is 23.8. The Bertz CT molecular complexity index is 902. The summed E-state index contributed by atoms with van der Waals surface area (Å²) in [6.07, 6.45) is -0.481. The summed E-state index contributed by atoms with van der Waals surface area (Å²) in [5.41, 5.74) is 0.0336. The summed E-state index contributed by atoms with van der Waals surface area (Å²) in [7, 11) is 1.33. The molecule has 2 atom stereocenters. The number of carbonyl (C=O) groups excluding carboxylic acids is 3. The topological polar surface area (TPSA) is 98.3 Å².